The van der Waals surface area contributed by atoms with E-state index in [1.54, 1.807) is 50.1 Å². The molecule has 1 amide bonds. The summed E-state index contributed by atoms with van der Waals surface area (Å²) >= 11 is 0. The molecule has 212 valence electrons. The predicted octanol–water partition coefficient (Wildman–Crippen LogP) is 6.38. The second-order valence-electron chi connectivity index (χ2n) is 10.9. The zero-order chi connectivity index (χ0) is 29.0. The highest BCUT2D eigenvalue weighted by molar-refractivity contribution is 6.05. The first-order valence-corrected chi connectivity index (χ1v) is 12.8. The number of benzene rings is 2. The number of carbonyl (C=O) groups is 1. The van der Waals surface area contributed by atoms with Gasteiger partial charge in [0.05, 0.1) is 11.1 Å². The van der Waals surface area contributed by atoms with Gasteiger partial charge in [0.25, 0.3) is 11.5 Å². The van der Waals surface area contributed by atoms with Crippen molar-refractivity contribution in [2.24, 2.45) is 7.05 Å². The number of rotatable bonds is 3. The predicted molar refractivity (Wildman–Crippen MR) is 143 cm³/mol. The van der Waals surface area contributed by atoms with E-state index in [-0.39, 0.29) is 37.2 Å². The first kappa shape index (κ1) is 27.7. The molecule has 6 nitrogen and oxygen atoms in total. The lowest BCUT2D eigenvalue weighted by molar-refractivity contribution is -0.137. The summed E-state index contributed by atoms with van der Waals surface area (Å²) in [5, 5.41) is 3.46. The Morgan fingerprint density at radius 1 is 1.05 bits per heavy atom. The van der Waals surface area contributed by atoms with Crippen molar-refractivity contribution < 1.29 is 31.5 Å². The Bertz CT molecular complexity index is 1580. The summed E-state index contributed by atoms with van der Waals surface area (Å²) in [5.41, 5.74) is 0.244. The van der Waals surface area contributed by atoms with Crippen molar-refractivity contribution in [1.29, 1.82) is 0 Å². The topological polar surface area (TPSA) is 63.6 Å². The Morgan fingerprint density at radius 3 is 2.42 bits per heavy atom. The SMILES string of the molecule is Cn1c(=O)c(N2CCC(F)(F)CC2)cc2ccc(NC(=O)/C=C3\CC(C)(C)Oc4cc(C(F)(F)F)ccc43)cc21. The molecule has 1 saturated heterocycles. The van der Waals surface area contributed by atoms with Gasteiger partial charge in [0.15, 0.2) is 0 Å². The van der Waals surface area contributed by atoms with E-state index in [0.717, 1.165) is 12.1 Å². The van der Waals surface area contributed by atoms with E-state index >= 15 is 0 Å². The molecule has 0 atom stereocenters. The number of nitrogens with one attached hydrogen (secondary N) is 1. The van der Waals surface area contributed by atoms with E-state index in [0.29, 0.717) is 39.8 Å². The summed E-state index contributed by atoms with van der Waals surface area (Å²) in [7, 11) is 1.58. The molecule has 2 aliphatic rings. The van der Waals surface area contributed by atoms with Crippen molar-refractivity contribution in [2.45, 2.75) is 50.8 Å². The average Bonchev–Trinajstić information content (AvgIpc) is 2.85. The summed E-state index contributed by atoms with van der Waals surface area (Å²) in [6.07, 6.45) is -3.51. The average molecular weight is 562 g/mol. The first-order chi connectivity index (χ1) is 18.6. The molecule has 3 aromatic rings. The number of alkyl halides is 5. The number of anilines is 2. The number of nitrogens with zero attached hydrogens (tertiary/aromatic N) is 2. The van der Waals surface area contributed by atoms with Crippen molar-refractivity contribution in [2.75, 3.05) is 23.3 Å². The fourth-order valence-corrected chi connectivity index (χ4v) is 5.23. The van der Waals surface area contributed by atoms with Crippen LogP contribution in [-0.4, -0.2) is 35.1 Å². The zero-order valence-corrected chi connectivity index (χ0v) is 22.2. The van der Waals surface area contributed by atoms with Crippen LogP contribution in [0.5, 0.6) is 5.75 Å². The van der Waals surface area contributed by atoms with Crippen molar-refractivity contribution >= 4 is 33.8 Å². The van der Waals surface area contributed by atoms with Crippen LogP contribution in [0.4, 0.5) is 33.3 Å². The molecule has 0 bridgehead atoms. The summed E-state index contributed by atoms with van der Waals surface area (Å²) in [4.78, 5) is 27.7. The van der Waals surface area contributed by atoms with Crippen LogP contribution in [0.3, 0.4) is 0 Å². The highest BCUT2D eigenvalue weighted by atomic mass is 19.4. The molecule has 5 rings (SSSR count). The summed E-state index contributed by atoms with van der Waals surface area (Å²) in [6, 6.07) is 9.90. The number of amides is 1. The Labute approximate surface area is 227 Å². The van der Waals surface area contributed by atoms with Gasteiger partial charge < -0.3 is 19.5 Å². The van der Waals surface area contributed by atoms with Crippen molar-refractivity contribution in [1.82, 2.24) is 4.57 Å². The Kier molecular flexibility index (Phi) is 6.67. The maximum atomic E-state index is 13.6. The largest absolute Gasteiger partial charge is 0.487 e. The molecule has 2 aliphatic heterocycles. The van der Waals surface area contributed by atoms with E-state index < -0.39 is 29.2 Å². The van der Waals surface area contributed by atoms with Crippen LogP contribution < -0.4 is 20.5 Å². The second-order valence-corrected chi connectivity index (χ2v) is 10.9. The molecule has 3 heterocycles. The number of piperidine rings is 1. The Hall–Kier alpha value is -3.89. The van der Waals surface area contributed by atoms with Gasteiger partial charge >= 0.3 is 6.18 Å². The van der Waals surface area contributed by atoms with E-state index in [9.17, 15) is 31.5 Å². The molecular formula is C29H28F5N3O3. The Balaban J connectivity index is 1.41. The quantitative estimate of drug-likeness (QED) is 0.298. The molecule has 0 spiro atoms. The number of fused-ring (bicyclic) bond motifs is 2. The van der Waals surface area contributed by atoms with Crippen LogP contribution in [-0.2, 0) is 18.0 Å². The van der Waals surface area contributed by atoms with Crippen LogP contribution in [0.2, 0.25) is 0 Å². The van der Waals surface area contributed by atoms with Gasteiger partial charge in [0.2, 0.25) is 5.91 Å². The van der Waals surface area contributed by atoms with Gasteiger partial charge in [-0.2, -0.15) is 13.2 Å². The van der Waals surface area contributed by atoms with Crippen molar-refractivity contribution in [3.63, 3.8) is 0 Å². The molecule has 1 N–H and O–H groups in total. The third-order valence-electron chi connectivity index (χ3n) is 7.27. The third kappa shape index (κ3) is 5.55. The maximum Gasteiger partial charge on any atom is 0.416 e. The van der Waals surface area contributed by atoms with Gasteiger partial charge in [-0.15, -0.1) is 0 Å². The second kappa shape index (κ2) is 9.64. The van der Waals surface area contributed by atoms with Crippen LogP contribution >= 0.6 is 0 Å². The highest BCUT2D eigenvalue weighted by Gasteiger charge is 2.36. The molecule has 40 heavy (non-hydrogen) atoms. The Morgan fingerprint density at radius 2 is 1.75 bits per heavy atom. The summed E-state index contributed by atoms with van der Waals surface area (Å²) in [5.74, 6) is -3.16. The van der Waals surface area contributed by atoms with E-state index in [4.69, 9.17) is 4.74 Å². The number of aromatic nitrogens is 1. The lowest BCUT2D eigenvalue weighted by Crippen LogP contribution is -2.42. The standard InChI is InChI=1S/C29H28F5N3O3/c1-27(2)16-18(21-7-5-19(29(32,33)34)14-24(21)40-27)13-25(38)35-20-6-4-17-12-23(26(39)36(3)22(17)15-20)37-10-8-28(30,31)9-11-37/h4-7,12-15H,8-11,16H2,1-3H3,(H,35,38)/b18-13+. The smallest absolute Gasteiger partial charge is 0.416 e. The number of pyridine rings is 1. The fraction of sp³-hybridized carbons (Fsp3) is 0.379. The number of hydrogen-bond donors (Lipinski definition) is 1. The first-order valence-electron chi connectivity index (χ1n) is 12.8. The number of aryl methyl sites for hydroxylation is 1. The van der Waals surface area contributed by atoms with E-state index in [1.165, 1.54) is 16.7 Å². The molecule has 0 aliphatic carbocycles. The van der Waals surface area contributed by atoms with Crippen LogP contribution in [0.25, 0.3) is 16.5 Å². The highest BCUT2D eigenvalue weighted by Crippen LogP contribution is 2.43. The van der Waals surface area contributed by atoms with Crippen LogP contribution in [0.1, 0.15) is 44.2 Å². The molecule has 0 saturated carbocycles. The van der Waals surface area contributed by atoms with Crippen LogP contribution in [0, 0.1) is 0 Å². The zero-order valence-electron chi connectivity index (χ0n) is 22.2. The molecule has 11 heteroatoms. The van der Waals surface area contributed by atoms with E-state index in [1.807, 2.05) is 0 Å². The molecule has 1 aromatic heterocycles. The molecule has 2 aromatic carbocycles. The monoisotopic (exact) mass is 561 g/mol. The van der Waals surface area contributed by atoms with Gasteiger partial charge in [-0.3, -0.25) is 9.59 Å². The van der Waals surface area contributed by atoms with Crippen molar-refractivity contribution in [3.8, 4) is 5.75 Å². The maximum absolute atomic E-state index is 13.6. The molecule has 0 unspecified atom stereocenters. The van der Waals surface area contributed by atoms with Gasteiger partial charge in [-0.05, 0) is 49.8 Å². The number of carbonyl (C=O) groups excluding carboxylic acids is 1. The fourth-order valence-electron chi connectivity index (χ4n) is 5.23. The third-order valence-corrected chi connectivity index (χ3v) is 7.27. The van der Waals surface area contributed by atoms with E-state index in [2.05, 4.69) is 5.32 Å². The number of hydrogen-bond acceptors (Lipinski definition) is 4. The minimum absolute atomic E-state index is 0.0547. The summed E-state index contributed by atoms with van der Waals surface area (Å²) < 4.78 is 74.1. The van der Waals surface area contributed by atoms with Gasteiger partial charge in [0, 0.05) is 62.1 Å². The van der Waals surface area contributed by atoms with Gasteiger partial charge in [-0.1, -0.05) is 12.1 Å². The minimum atomic E-state index is -4.53. The minimum Gasteiger partial charge on any atom is -0.487 e. The molecule has 1 fully saturated rings. The molecule has 0 radical (unpaired) electrons. The number of halogens is 5. The normalized spacial score (nSPS) is 19.3. The number of ether oxygens (including phenoxy) is 1. The lowest BCUT2D eigenvalue weighted by Gasteiger charge is -2.34. The summed E-state index contributed by atoms with van der Waals surface area (Å²) in [6.45, 7) is 3.63. The lowest BCUT2D eigenvalue weighted by atomic mass is 9.88. The van der Waals surface area contributed by atoms with Crippen LogP contribution in [0.15, 0.2) is 53.3 Å². The molecular weight excluding hydrogens is 533 g/mol. The van der Waals surface area contributed by atoms with Gasteiger partial charge in [0.1, 0.15) is 17.0 Å². The van der Waals surface area contributed by atoms with Crippen molar-refractivity contribution in [3.05, 3.63) is 70.0 Å². The van der Waals surface area contributed by atoms with Gasteiger partial charge in [-0.25, -0.2) is 8.78 Å².